The molecule has 0 N–H and O–H groups in total. The lowest BCUT2D eigenvalue weighted by atomic mass is 10.1. The molecule has 0 radical (unpaired) electrons. The molecule has 2 saturated heterocycles. The van der Waals surface area contributed by atoms with E-state index in [9.17, 15) is 9.59 Å². The molecule has 2 atom stereocenters. The molecule has 1 aromatic rings. The number of carbonyl (C=O) groups excluding carboxylic acids is 2. The Hall–Kier alpha value is -1.96. The van der Waals surface area contributed by atoms with Gasteiger partial charge in [0.25, 0.3) is 0 Å². The average molecular weight is 320 g/mol. The molecule has 0 aromatic heterocycles. The van der Waals surface area contributed by atoms with Crippen LogP contribution in [-0.2, 0) is 23.8 Å². The summed E-state index contributed by atoms with van der Waals surface area (Å²) < 4.78 is 16.0. The second-order valence-corrected chi connectivity index (χ2v) is 5.53. The maximum absolute atomic E-state index is 12.6. The van der Waals surface area contributed by atoms with Gasteiger partial charge in [-0.25, -0.2) is 0 Å². The van der Waals surface area contributed by atoms with Crippen molar-refractivity contribution in [1.29, 1.82) is 0 Å². The van der Waals surface area contributed by atoms with Crippen LogP contribution in [0.2, 0.25) is 0 Å². The van der Waals surface area contributed by atoms with E-state index < -0.39 is 18.6 Å². The number of carbonyl (C=O) groups is 2. The van der Waals surface area contributed by atoms with Crippen LogP contribution in [0.5, 0.6) is 0 Å². The standard InChI is InChI=1S/C16H20N2O5/c1-21-14(22-2)9-17-8-13(19)18-12(15(17)20)10-23-16(18)11-6-4-3-5-7-11/h3-7,12,14,16H,8-10H2,1-2H3/t12-,16+/m1/s1. The van der Waals surface area contributed by atoms with Crippen LogP contribution in [0.15, 0.2) is 30.3 Å². The van der Waals surface area contributed by atoms with E-state index in [4.69, 9.17) is 14.2 Å². The van der Waals surface area contributed by atoms with Crippen molar-refractivity contribution in [3.05, 3.63) is 35.9 Å². The molecule has 124 valence electrons. The van der Waals surface area contributed by atoms with E-state index in [-0.39, 0.29) is 31.5 Å². The summed E-state index contributed by atoms with van der Waals surface area (Å²) in [5, 5.41) is 0. The molecule has 0 aliphatic carbocycles. The van der Waals surface area contributed by atoms with Gasteiger partial charge in [-0.3, -0.25) is 14.5 Å². The van der Waals surface area contributed by atoms with Crippen LogP contribution < -0.4 is 0 Å². The van der Waals surface area contributed by atoms with Gasteiger partial charge in [0, 0.05) is 19.8 Å². The zero-order valence-corrected chi connectivity index (χ0v) is 13.2. The predicted octanol–water partition coefficient (Wildman–Crippen LogP) is 0.374. The first-order valence-electron chi connectivity index (χ1n) is 7.47. The molecular formula is C16H20N2O5. The van der Waals surface area contributed by atoms with E-state index in [0.29, 0.717) is 0 Å². The summed E-state index contributed by atoms with van der Waals surface area (Å²) >= 11 is 0. The zero-order chi connectivity index (χ0) is 16.4. The molecule has 0 saturated carbocycles. The fourth-order valence-electron chi connectivity index (χ4n) is 2.99. The zero-order valence-electron chi connectivity index (χ0n) is 13.2. The summed E-state index contributed by atoms with van der Waals surface area (Å²) in [5.41, 5.74) is 0.872. The summed E-state index contributed by atoms with van der Waals surface area (Å²) in [6.45, 7) is 0.425. The number of hydrogen-bond acceptors (Lipinski definition) is 5. The monoisotopic (exact) mass is 320 g/mol. The molecule has 0 unspecified atom stereocenters. The summed E-state index contributed by atoms with van der Waals surface area (Å²) in [5.74, 6) is -0.269. The topological polar surface area (TPSA) is 68.3 Å². The maximum Gasteiger partial charge on any atom is 0.248 e. The fourth-order valence-corrected chi connectivity index (χ4v) is 2.99. The Balaban J connectivity index is 1.77. The van der Waals surface area contributed by atoms with Crippen LogP contribution in [0.1, 0.15) is 11.8 Å². The minimum atomic E-state index is -0.587. The van der Waals surface area contributed by atoms with Gasteiger partial charge in [0.1, 0.15) is 12.6 Å². The van der Waals surface area contributed by atoms with Crippen molar-refractivity contribution in [3.63, 3.8) is 0 Å². The second kappa shape index (κ2) is 6.66. The van der Waals surface area contributed by atoms with Crippen LogP contribution in [0, 0.1) is 0 Å². The molecule has 2 fully saturated rings. The van der Waals surface area contributed by atoms with Gasteiger partial charge in [-0.05, 0) is 0 Å². The van der Waals surface area contributed by atoms with Crippen LogP contribution in [0.25, 0.3) is 0 Å². The number of piperazine rings is 1. The summed E-state index contributed by atoms with van der Waals surface area (Å²) in [4.78, 5) is 28.2. The lowest BCUT2D eigenvalue weighted by Gasteiger charge is -2.38. The highest BCUT2D eigenvalue weighted by atomic mass is 16.7. The summed E-state index contributed by atoms with van der Waals surface area (Å²) in [6.07, 6.45) is -1.05. The molecule has 2 heterocycles. The van der Waals surface area contributed by atoms with E-state index >= 15 is 0 Å². The van der Waals surface area contributed by atoms with Gasteiger partial charge < -0.3 is 19.1 Å². The van der Waals surface area contributed by atoms with Crippen molar-refractivity contribution in [2.45, 2.75) is 18.6 Å². The third kappa shape index (κ3) is 2.95. The number of hydrogen-bond donors (Lipinski definition) is 0. The highest BCUT2D eigenvalue weighted by Gasteiger charge is 2.48. The van der Waals surface area contributed by atoms with E-state index in [1.165, 1.54) is 19.1 Å². The molecule has 0 bridgehead atoms. The van der Waals surface area contributed by atoms with Gasteiger partial charge in [-0.2, -0.15) is 0 Å². The van der Waals surface area contributed by atoms with Crippen LogP contribution in [0.3, 0.4) is 0 Å². The number of ether oxygens (including phenoxy) is 3. The van der Waals surface area contributed by atoms with Crippen molar-refractivity contribution in [2.24, 2.45) is 0 Å². The first-order valence-corrected chi connectivity index (χ1v) is 7.47. The summed E-state index contributed by atoms with van der Waals surface area (Å²) in [7, 11) is 3.00. The molecule has 7 heteroatoms. The maximum atomic E-state index is 12.6. The molecule has 0 spiro atoms. The Morgan fingerprint density at radius 3 is 2.57 bits per heavy atom. The van der Waals surface area contributed by atoms with Gasteiger partial charge in [0.05, 0.1) is 13.2 Å². The lowest BCUT2D eigenvalue weighted by Crippen LogP contribution is -2.59. The van der Waals surface area contributed by atoms with Crippen LogP contribution in [-0.4, -0.2) is 67.9 Å². The van der Waals surface area contributed by atoms with Gasteiger partial charge in [0.15, 0.2) is 12.5 Å². The largest absolute Gasteiger partial charge is 0.354 e. The third-order valence-electron chi connectivity index (χ3n) is 4.19. The van der Waals surface area contributed by atoms with E-state index in [2.05, 4.69) is 0 Å². The fraction of sp³-hybridized carbons (Fsp3) is 0.500. The third-order valence-corrected chi connectivity index (χ3v) is 4.19. The Bertz CT molecular complexity index is 575. The summed E-state index contributed by atoms with van der Waals surface area (Å²) in [6, 6.07) is 8.87. The van der Waals surface area contributed by atoms with E-state index in [1.54, 1.807) is 4.90 Å². The molecule has 3 rings (SSSR count). The molecule has 7 nitrogen and oxygen atoms in total. The molecular weight excluding hydrogens is 300 g/mol. The number of benzene rings is 1. The number of rotatable bonds is 5. The van der Waals surface area contributed by atoms with Gasteiger partial charge in [-0.1, -0.05) is 30.3 Å². The van der Waals surface area contributed by atoms with E-state index in [0.717, 1.165) is 5.56 Å². The number of fused-ring (bicyclic) bond motifs is 1. The minimum absolute atomic E-state index is 0.00521. The van der Waals surface area contributed by atoms with Gasteiger partial charge >= 0.3 is 0 Å². The highest BCUT2D eigenvalue weighted by molar-refractivity contribution is 5.95. The molecule has 2 aliphatic rings. The van der Waals surface area contributed by atoms with Crippen LogP contribution in [0.4, 0.5) is 0 Å². The van der Waals surface area contributed by atoms with Crippen molar-refractivity contribution in [1.82, 2.24) is 9.80 Å². The van der Waals surface area contributed by atoms with Crippen molar-refractivity contribution >= 4 is 11.8 Å². The lowest BCUT2D eigenvalue weighted by molar-refractivity contribution is -0.165. The minimum Gasteiger partial charge on any atom is -0.354 e. The predicted molar refractivity (Wildman–Crippen MR) is 80.2 cm³/mol. The first-order chi connectivity index (χ1) is 11.2. The second-order valence-electron chi connectivity index (χ2n) is 5.53. The normalized spacial score (nSPS) is 24.5. The molecule has 2 amide bonds. The SMILES string of the molecule is COC(CN1CC(=O)N2[C@H](CO[C@H]2c2ccccc2)C1=O)OC. The number of methoxy groups -OCH3 is 2. The van der Waals surface area contributed by atoms with Crippen molar-refractivity contribution in [3.8, 4) is 0 Å². The quantitative estimate of drug-likeness (QED) is 0.734. The molecule has 1 aromatic carbocycles. The molecule has 23 heavy (non-hydrogen) atoms. The van der Waals surface area contributed by atoms with Crippen molar-refractivity contribution in [2.75, 3.05) is 33.9 Å². The van der Waals surface area contributed by atoms with E-state index in [1.807, 2.05) is 30.3 Å². The Morgan fingerprint density at radius 2 is 1.91 bits per heavy atom. The van der Waals surface area contributed by atoms with Crippen molar-refractivity contribution < 1.29 is 23.8 Å². The van der Waals surface area contributed by atoms with Gasteiger partial charge in [-0.15, -0.1) is 0 Å². The Labute approximate surface area is 134 Å². The Morgan fingerprint density at radius 1 is 1.22 bits per heavy atom. The molecule has 2 aliphatic heterocycles. The smallest absolute Gasteiger partial charge is 0.248 e. The van der Waals surface area contributed by atoms with Crippen LogP contribution >= 0.6 is 0 Å². The Kier molecular flexibility index (Phi) is 4.61. The van der Waals surface area contributed by atoms with Gasteiger partial charge in [0.2, 0.25) is 11.8 Å². The number of amides is 2. The average Bonchev–Trinajstić information content (AvgIpc) is 3.03. The first kappa shape index (κ1) is 15.9. The number of nitrogens with zero attached hydrogens (tertiary/aromatic N) is 2. The highest BCUT2D eigenvalue weighted by Crippen LogP contribution is 2.33.